The first-order valence-electron chi connectivity index (χ1n) is 11.3. The number of nitrogens with zero attached hydrogens (tertiary/aromatic N) is 2. The first kappa shape index (κ1) is 20.6. The summed E-state index contributed by atoms with van der Waals surface area (Å²) in [6, 6.07) is 5.78. The van der Waals surface area contributed by atoms with Crippen molar-refractivity contribution in [1.29, 1.82) is 0 Å². The van der Waals surface area contributed by atoms with Gasteiger partial charge in [0.1, 0.15) is 5.82 Å². The molecule has 166 valence electrons. The summed E-state index contributed by atoms with van der Waals surface area (Å²) in [7, 11) is 0. The normalized spacial score (nSPS) is 26.8. The van der Waals surface area contributed by atoms with Crippen LogP contribution in [0.1, 0.15) is 43.7 Å². The molecule has 3 fully saturated rings. The molecular formula is C23H30FN5O2. The van der Waals surface area contributed by atoms with Crippen LogP contribution in [0.2, 0.25) is 0 Å². The predicted molar refractivity (Wildman–Crippen MR) is 115 cm³/mol. The molecule has 31 heavy (non-hydrogen) atoms. The third-order valence-electron chi connectivity index (χ3n) is 6.96. The van der Waals surface area contributed by atoms with Gasteiger partial charge in [0.25, 0.3) is 0 Å². The minimum atomic E-state index is -0.620. The van der Waals surface area contributed by atoms with E-state index in [4.69, 9.17) is 10.5 Å². The van der Waals surface area contributed by atoms with E-state index in [1.54, 1.807) is 12.3 Å². The lowest BCUT2D eigenvalue weighted by molar-refractivity contribution is -0.124. The summed E-state index contributed by atoms with van der Waals surface area (Å²) in [4.78, 5) is 12.5. The number of rotatable bonds is 6. The maximum Gasteiger partial charge on any atom is 0.238 e. The number of nitrogens with two attached hydrogens (primary N) is 1. The van der Waals surface area contributed by atoms with Gasteiger partial charge >= 0.3 is 0 Å². The van der Waals surface area contributed by atoms with E-state index in [-0.39, 0.29) is 24.2 Å². The number of piperidine rings is 1. The number of fused-ring (bicyclic) bond motifs is 2. The highest BCUT2D eigenvalue weighted by molar-refractivity contribution is 5.83. The van der Waals surface area contributed by atoms with Crippen molar-refractivity contribution in [2.45, 2.75) is 62.8 Å². The van der Waals surface area contributed by atoms with Crippen molar-refractivity contribution in [1.82, 2.24) is 20.4 Å². The smallest absolute Gasteiger partial charge is 0.238 e. The number of halogens is 1. The van der Waals surface area contributed by atoms with Crippen molar-refractivity contribution in [3.8, 4) is 11.1 Å². The Morgan fingerprint density at radius 1 is 1.29 bits per heavy atom. The lowest BCUT2D eigenvalue weighted by Crippen LogP contribution is -2.53. The van der Waals surface area contributed by atoms with Crippen molar-refractivity contribution in [3.63, 3.8) is 0 Å². The molecule has 4 atom stereocenters. The average Bonchev–Trinajstić information content (AvgIpc) is 3.53. The van der Waals surface area contributed by atoms with E-state index in [0.29, 0.717) is 23.6 Å². The fraction of sp³-hybridized carbons (Fsp3) is 0.565. The maximum absolute atomic E-state index is 14.8. The highest BCUT2D eigenvalue weighted by Gasteiger charge is 2.42. The van der Waals surface area contributed by atoms with E-state index >= 15 is 0 Å². The molecule has 2 saturated heterocycles. The van der Waals surface area contributed by atoms with Gasteiger partial charge in [0, 0.05) is 37.4 Å². The van der Waals surface area contributed by atoms with Gasteiger partial charge in [-0.05, 0) is 55.2 Å². The molecule has 1 unspecified atom stereocenters. The molecule has 0 radical (unpaired) electrons. The van der Waals surface area contributed by atoms with Gasteiger partial charge in [-0.15, -0.1) is 0 Å². The summed E-state index contributed by atoms with van der Waals surface area (Å²) in [5.41, 5.74) is 8.29. The molecule has 2 aromatic rings. The first-order chi connectivity index (χ1) is 15.1. The largest absolute Gasteiger partial charge is 0.381 e. The van der Waals surface area contributed by atoms with Crippen molar-refractivity contribution < 1.29 is 13.9 Å². The molecular weight excluding hydrogens is 397 g/mol. The summed E-state index contributed by atoms with van der Waals surface area (Å²) in [5.74, 6) is 0.00610. The number of aromatic nitrogens is 2. The van der Waals surface area contributed by atoms with Crippen molar-refractivity contribution in [3.05, 3.63) is 42.0 Å². The summed E-state index contributed by atoms with van der Waals surface area (Å²) >= 11 is 0. The van der Waals surface area contributed by atoms with Crippen LogP contribution >= 0.6 is 0 Å². The second kappa shape index (κ2) is 8.68. The van der Waals surface area contributed by atoms with Crippen molar-refractivity contribution in [2.24, 2.45) is 11.7 Å². The van der Waals surface area contributed by atoms with Gasteiger partial charge in [-0.1, -0.05) is 12.1 Å². The topological polar surface area (TPSA) is 94.2 Å². The van der Waals surface area contributed by atoms with Crippen LogP contribution in [-0.4, -0.2) is 47.2 Å². The van der Waals surface area contributed by atoms with Crippen LogP contribution in [-0.2, 0) is 16.0 Å². The monoisotopic (exact) mass is 427 g/mol. The van der Waals surface area contributed by atoms with Gasteiger partial charge in [-0.25, -0.2) is 4.39 Å². The standard InChI is InChI=1S/C23H30FN5O2/c24-20-10-14(17-12-26-29(13-17)19-5-7-31-8-6-19)1-2-15(20)11-21(25)28-23(30)22-16-3-4-18(9-16)27-22/h1-2,10,12-13,16,18-19,21-22,27H,3-9,11,25H2,(H,28,30)/t16-,18+,21?,22-/m0/s1. The zero-order valence-electron chi connectivity index (χ0n) is 17.6. The number of amides is 1. The van der Waals surface area contributed by atoms with E-state index in [1.165, 1.54) is 6.07 Å². The number of benzene rings is 1. The molecule has 0 spiro atoms. The first-order valence-corrected chi connectivity index (χ1v) is 11.3. The van der Waals surface area contributed by atoms with Crippen LogP contribution < -0.4 is 16.4 Å². The highest BCUT2D eigenvalue weighted by atomic mass is 19.1. The minimum absolute atomic E-state index is 0.0720. The third-order valence-corrected chi connectivity index (χ3v) is 6.96. The van der Waals surface area contributed by atoms with Gasteiger partial charge in [0.05, 0.1) is 24.4 Å². The predicted octanol–water partition coefficient (Wildman–Crippen LogP) is 2.12. The van der Waals surface area contributed by atoms with Crippen molar-refractivity contribution in [2.75, 3.05) is 13.2 Å². The lowest BCUT2D eigenvalue weighted by Gasteiger charge is -2.24. The number of nitrogens with one attached hydrogen (secondary N) is 2. The molecule has 1 aromatic heterocycles. The third kappa shape index (κ3) is 4.37. The number of hydrogen-bond acceptors (Lipinski definition) is 5. The SMILES string of the molecule is NC(Cc1ccc(-c2cnn(C3CCOCC3)c2)cc1F)NC(=O)[C@H]1N[C@@H]2CC[C@H]1C2. The van der Waals surface area contributed by atoms with Gasteiger partial charge in [-0.3, -0.25) is 9.48 Å². The minimum Gasteiger partial charge on any atom is -0.381 e. The Balaban J connectivity index is 1.20. The van der Waals surface area contributed by atoms with Gasteiger partial charge < -0.3 is 21.1 Å². The van der Waals surface area contributed by atoms with E-state index in [9.17, 15) is 9.18 Å². The number of carbonyl (C=O) groups is 1. The lowest BCUT2D eigenvalue weighted by atomic mass is 9.99. The molecule has 7 nitrogen and oxygen atoms in total. The van der Waals surface area contributed by atoms with Gasteiger partial charge in [-0.2, -0.15) is 5.10 Å². The molecule has 4 N–H and O–H groups in total. The Hall–Kier alpha value is -2.29. The highest BCUT2D eigenvalue weighted by Crippen LogP contribution is 2.35. The molecule has 5 rings (SSSR count). The van der Waals surface area contributed by atoms with Crippen LogP contribution in [0.25, 0.3) is 11.1 Å². The molecule has 2 bridgehead atoms. The van der Waals surface area contributed by atoms with Gasteiger partial charge in [0.15, 0.2) is 0 Å². The summed E-state index contributed by atoms with van der Waals surface area (Å²) in [6.45, 7) is 1.50. The molecule has 8 heteroatoms. The zero-order valence-corrected chi connectivity index (χ0v) is 17.6. The second-order valence-electron chi connectivity index (χ2n) is 9.09. The van der Waals surface area contributed by atoms with Crippen LogP contribution in [0.3, 0.4) is 0 Å². The molecule has 3 aliphatic rings. The summed E-state index contributed by atoms with van der Waals surface area (Å²) < 4.78 is 22.2. The zero-order chi connectivity index (χ0) is 21.4. The molecule has 1 aliphatic carbocycles. The second-order valence-corrected chi connectivity index (χ2v) is 9.09. The quantitative estimate of drug-likeness (QED) is 0.614. The van der Waals surface area contributed by atoms with Crippen LogP contribution in [0.5, 0.6) is 0 Å². The number of ether oxygens (including phenoxy) is 1. The van der Waals surface area contributed by atoms with Crippen molar-refractivity contribution >= 4 is 5.91 Å². The Morgan fingerprint density at radius 2 is 2.13 bits per heavy atom. The molecule has 3 heterocycles. The fourth-order valence-corrected chi connectivity index (χ4v) is 5.24. The Bertz CT molecular complexity index is 942. The van der Waals surface area contributed by atoms with E-state index in [1.807, 2.05) is 16.9 Å². The van der Waals surface area contributed by atoms with Crippen LogP contribution in [0.15, 0.2) is 30.6 Å². The van der Waals surface area contributed by atoms with E-state index in [2.05, 4.69) is 15.7 Å². The summed E-state index contributed by atoms with van der Waals surface area (Å²) in [5, 5.41) is 10.7. The number of hydrogen-bond donors (Lipinski definition) is 3. The number of carbonyl (C=O) groups excluding carboxylic acids is 1. The van der Waals surface area contributed by atoms with E-state index < -0.39 is 6.17 Å². The Kier molecular flexibility index (Phi) is 5.77. The summed E-state index contributed by atoms with van der Waals surface area (Å²) in [6.07, 6.45) is 8.56. The fourth-order valence-electron chi connectivity index (χ4n) is 5.24. The molecule has 2 aliphatic heterocycles. The molecule has 1 aromatic carbocycles. The maximum atomic E-state index is 14.8. The average molecular weight is 428 g/mol. The Labute approximate surface area is 181 Å². The Morgan fingerprint density at radius 3 is 2.84 bits per heavy atom. The van der Waals surface area contributed by atoms with Crippen LogP contribution in [0.4, 0.5) is 4.39 Å². The molecule has 1 saturated carbocycles. The van der Waals surface area contributed by atoms with Gasteiger partial charge in [0.2, 0.25) is 5.91 Å². The molecule has 1 amide bonds. The van der Waals surface area contributed by atoms with E-state index in [0.717, 1.165) is 56.4 Å². The van der Waals surface area contributed by atoms with Crippen LogP contribution in [0, 0.1) is 11.7 Å².